The van der Waals surface area contributed by atoms with Crippen LogP contribution >= 0.6 is 0 Å². The Bertz CT molecular complexity index is 528. The Labute approximate surface area is 94.7 Å². The number of benzene rings is 1. The van der Waals surface area contributed by atoms with Gasteiger partial charge in [0, 0.05) is 22.9 Å². The van der Waals surface area contributed by atoms with Crippen LogP contribution in [0.4, 0.5) is 5.69 Å². The van der Waals surface area contributed by atoms with Crippen molar-refractivity contribution in [1.82, 2.24) is 9.97 Å². The highest BCUT2D eigenvalue weighted by Crippen LogP contribution is 2.33. The number of H-pyrrole nitrogens is 1. The first-order chi connectivity index (χ1) is 7.75. The minimum atomic E-state index is 0.574. The molecule has 0 bridgehead atoms. The number of aryl methyl sites for hydroxylation is 1. The highest BCUT2D eigenvalue weighted by Gasteiger charge is 2.23. The fraction of sp³-hybridized carbons (Fsp3) is 0.308. The normalized spacial score (nSPS) is 18.7. The number of nitrogens with zero attached hydrogens (tertiary/aromatic N) is 1. The van der Waals surface area contributed by atoms with Crippen LogP contribution in [0, 0.1) is 0 Å². The smallest absolute Gasteiger partial charge is 0.139 e. The number of nitrogens with one attached hydrogen (secondary N) is 1. The van der Waals surface area contributed by atoms with Crippen LogP contribution in [0.15, 0.2) is 24.3 Å². The topological polar surface area (TPSA) is 54.7 Å². The minimum Gasteiger partial charge on any atom is -0.398 e. The standard InChI is InChI=1S/C13H15N3/c1-8-6-7-11-12(8)16-13(15-11)9-4-2-3-5-10(9)14/h2-5,8H,6-7,14H2,1H3,(H,15,16). The van der Waals surface area contributed by atoms with Crippen LogP contribution in [-0.4, -0.2) is 9.97 Å². The maximum atomic E-state index is 5.95. The molecule has 16 heavy (non-hydrogen) atoms. The zero-order valence-corrected chi connectivity index (χ0v) is 9.33. The van der Waals surface area contributed by atoms with Crippen LogP contribution < -0.4 is 5.73 Å². The number of nitrogen functional groups attached to an aromatic ring is 1. The van der Waals surface area contributed by atoms with E-state index in [1.807, 2.05) is 24.3 Å². The van der Waals surface area contributed by atoms with E-state index >= 15 is 0 Å². The molecule has 1 aromatic heterocycles. The van der Waals surface area contributed by atoms with Crippen LogP contribution in [-0.2, 0) is 6.42 Å². The van der Waals surface area contributed by atoms with E-state index in [-0.39, 0.29) is 0 Å². The van der Waals surface area contributed by atoms with E-state index in [0.29, 0.717) is 5.92 Å². The summed E-state index contributed by atoms with van der Waals surface area (Å²) in [4.78, 5) is 8.06. The monoisotopic (exact) mass is 213 g/mol. The van der Waals surface area contributed by atoms with Gasteiger partial charge in [-0.3, -0.25) is 0 Å². The van der Waals surface area contributed by atoms with E-state index in [1.54, 1.807) is 0 Å². The molecule has 3 rings (SSSR count). The van der Waals surface area contributed by atoms with Crippen molar-refractivity contribution in [2.75, 3.05) is 5.73 Å². The number of fused-ring (bicyclic) bond motifs is 1. The Hall–Kier alpha value is -1.77. The number of anilines is 1. The number of aromatic amines is 1. The lowest BCUT2D eigenvalue weighted by molar-refractivity contribution is 0.726. The summed E-state index contributed by atoms with van der Waals surface area (Å²) >= 11 is 0. The van der Waals surface area contributed by atoms with Gasteiger partial charge in [0.1, 0.15) is 5.82 Å². The summed E-state index contributed by atoms with van der Waals surface area (Å²) in [5.74, 6) is 1.49. The molecule has 1 heterocycles. The molecule has 1 atom stereocenters. The van der Waals surface area contributed by atoms with Gasteiger partial charge in [-0.25, -0.2) is 4.98 Å². The predicted molar refractivity (Wildman–Crippen MR) is 65.2 cm³/mol. The van der Waals surface area contributed by atoms with E-state index in [9.17, 15) is 0 Å². The average Bonchev–Trinajstić information content (AvgIpc) is 2.82. The van der Waals surface area contributed by atoms with Crippen molar-refractivity contribution < 1.29 is 0 Å². The first-order valence-electron chi connectivity index (χ1n) is 5.69. The van der Waals surface area contributed by atoms with Crippen molar-refractivity contribution >= 4 is 5.69 Å². The molecule has 2 aromatic rings. The van der Waals surface area contributed by atoms with Crippen molar-refractivity contribution in [1.29, 1.82) is 0 Å². The summed E-state index contributed by atoms with van der Waals surface area (Å²) in [7, 11) is 0. The maximum absolute atomic E-state index is 5.95. The second kappa shape index (κ2) is 3.37. The second-order valence-corrected chi connectivity index (χ2v) is 4.48. The third kappa shape index (κ3) is 1.32. The lowest BCUT2D eigenvalue weighted by atomic mass is 10.1. The van der Waals surface area contributed by atoms with E-state index in [2.05, 4.69) is 16.9 Å². The Kier molecular flexibility index (Phi) is 1.99. The molecule has 0 aliphatic heterocycles. The SMILES string of the molecule is CC1CCc2[nH]c(-c3ccccc3N)nc21. The molecule has 0 fully saturated rings. The number of para-hydroxylation sites is 1. The van der Waals surface area contributed by atoms with E-state index < -0.39 is 0 Å². The van der Waals surface area contributed by atoms with Crippen molar-refractivity contribution in [2.24, 2.45) is 0 Å². The van der Waals surface area contributed by atoms with Gasteiger partial charge in [-0.2, -0.15) is 0 Å². The summed E-state index contributed by atoms with van der Waals surface area (Å²) in [6.45, 7) is 2.23. The van der Waals surface area contributed by atoms with E-state index in [0.717, 1.165) is 23.5 Å². The molecule has 0 radical (unpaired) electrons. The van der Waals surface area contributed by atoms with Crippen LogP contribution in [0.5, 0.6) is 0 Å². The van der Waals surface area contributed by atoms with E-state index in [1.165, 1.54) is 17.8 Å². The molecule has 0 spiro atoms. The van der Waals surface area contributed by atoms with Gasteiger partial charge in [-0.15, -0.1) is 0 Å². The summed E-state index contributed by atoms with van der Waals surface area (Å²) in [6.07, 6.45) is 2.31. The van der Waals surface area contributed by atoms with Gasteiger partial charge < -0.3 is 10.7 Å². The average molecular weight is 213 g/mol. The molecule has 0 saturated carbocycles. The van der Waals surface area contributed by atoms with Gasteiger partial charge in [-0.05, 0) is 25.0 Å². The van der Waals surface area contributed by atoms with Crippen LogP contribution in [0.25, 0.3) is 11.4 Å². The molecule has 82 valence electrons. The summed E-state index contributed by atoms with van der Waals surface area (Å²) < 4.78 is 0. The van der Waals surface area contributed by atoms with Crippen LogP contribution in [0.2, 0.25) is 0 Å². The Morgan fingerprint density at radius 3 is 2.94 bits per heavy atom. The number of hydrogen-bond acceptors (Lipinski definition) is 2. The number of hydrogen-bond donors (Lipinski definition) is 2. The number of aromatic nitrogens is 2. The van der Waals surface area contributed by atoms with Gasteiger partial charge in [0.25, 0.3) is 0 Å². The maximum Gasteiger partial charge on any atom is 0.139 e. The third-order valence-corrected chi connectivity index (χ3v) is 3.32. The molecule has 1 unspecified atom stereocenters. The molecular formula is C13H15N3. The van der Waals surface area contributed by atoms with Crippen LogP contribution in [0.1, 0.15) is 30.7 Å². The van der Waals surface area contributed by atoms with Gasteiger partial charge in [0.05, 0.1) is 5.69 Å². The first kappa shape index (κ1) is 9.46. The molecule has 3 heteroatoms. The molecule has 1 aliphatic carbocycles. The van der Waals surface area contributed by atoms with E-state index in [4.69, 9.17) is 5.73 Å². The van der Waals surface area contributed by atoms with Gasteiger partial charge in [-0.1, -0.05) is 19.1 Å². The number of nitrogens with two attached hydrogens (primary N) is 1. The fourth-order valence-electron chi connectivity index (χ4n) is 2.36. The Morgan fingerprint density at radius 1 is 1.38 bits per heavy atom. The van der Waals surface area contributed by atoms with Crippen molar-refractivity contribution in [2.45, 2.75) is 25.7 Å². The zero-order chi connectivity index (χ0) is 11.1. The predicted octanol–water partition coefficient (Wildman–Crippen LogP) is 2.71. The lowest BCUT2D eigenvalue weighted by Gasteiger charge is -2.02. The molecule has 0 amide bonds. The quantitative estimate of drug-likeness (QED) is 0.715. The number of rotatable bonds is 1. The van der Waals surface area contributed by atoms with Gasteiger partial charge in [0.15, 0.2) is 0 Å². The summed E-state index contributed by atoms with van der Waals surface area (Å²) in [6, 6.07) is 7.85. The lowest BCUT2D eigenvalue weighted by Crippen LogP contribution is -1.92. The molecule has 1 aromatic carbocycles. The highest BCUT2D eigenvalue weighted by atomic mass is 15.0. The largest absolute Gasteiger partial charge is 0.398 e. The van der Waals surface area contributed by atoms with Crippen LogP contribution in [0.3, 0.4) is 0 Å². The summed E-state index contributed by atoms with van der Waals surface area (Å²) in [5.41, 5.74) is 10.2. The Morgan fingerprint density at radius 2 is 2.19 bits per heavy atom. The Balaban J connectivity index is 2.09. The molecule has 1 aliphatic rings. The second-order valence-electron chi connectivity index (χ2n) is 4.48. The molecule has 3 N–H and O–H groups in total. The van der Waals surface area contributed by atoms with Crippen molar-refractivity contribution in [3.05, 3.63) is 35.7 Å². The number of imidazole rings is 1. The third-order valence-electron chi connectivity index (χ3n) is 3.32. The van der Waals surface area contributed by atoms with Gasteiger partial charge in [0.2, 0.25) is 0 Å². The molecular weight excluding hydrogens is 198 g/mol. The summed E-state index contributed by atoms with van der Waals surface area (Å²) in [5, 5.41) is 0. The zero-order valence-electron chi connectivity index (χ0n) is 9.33. The molecule has 0 saturated heterocycles. The minimum absolute atomic E-state index is 0.574. The van der Waals surface area contributed by atoms with Crippen molar-refractivity contribution in [3.8, 4) is 11.4 Å². The highest BCUT2D eigenvalue weighted by molar-refractivity contribution is 5.71. The molecule has 3 nitrogen and oxygen atoms in total. The fourth-order valence-corrected chi connectivity index (χ4v) is 2.36. The van der Waals surface area contributed by atoms with Crippen molar-refractivity contribution in [3.63, 3.8) is 0 Å². The van der Waals surface area contributed by atoms with Gasteiger partial charge >= 0.3 is 0 Å². The first-order valence-corrected chi connectivity index (χ1v) is 5.69.